The molecular weight excluding hydrogens is 328 g/mol. The minimum absolute atomic E-state index is 0.0170. The van der Waals surface area contributed by atoms with Crippen LogP contribution in [0.5, 0.6) is 0 Å². The van der Waals surface area contributed by atoms with Crippen LogP contribution in [0.2, 0.25) is 5.02 Å². The Morgan fingerprint density at radius 2 is 2.10 bits per heavy atom. The number of halogens is 1. The van der Waals surface area contributed by atoms with Crippen LogP contribution in [0.15, 0.2) is 52.5 Å². The lowest BCUT2D eigenvalue weighted by molar-refractivity contribution is 0.597. The number of rotatable bonds is 5. The van der Waals surface area contributed by atoms with E-state index in [9.17, 15) is 8.42 Å². The highest BCUT2D eigenvalue weighted by atomic mass is 35.5. The lowest BCUT2D eigenvalue weighted by atomic mass is 10.2. The van der Waals surface area contributed by atoms with E-state index in [1.807, 2.05) is 6.07 Å². The van der Waals surface area contributed by atoms with E-state index in [-0.39, 0.29) is 10.6 Å². The van der Waals surface area contributed by atoms with Crippen molar-refractivity contribution in [3.8, 4) is 6.07 Å². The molecule has 1 aromatic carbocycles. The Morgan fingerprint density at radius 1 is 1.29 bits per heavy atom. The van der Waals surface area contributed by atoms with Crippen molar-refractivity contribution >= 4 is 33.2 Å². The van der Waals surface area contributed by atoms with Gasteiger partial charge in [0.2, 0.25) is 0 Å². The van der Waals surface area contributed by atoms with E-state index in [0.29, 0.717) is 16.3 Å². The summed E-state index contributed by atoms with van der Waals surface area (Å²) in [6.07, 6.45) is 1.52. The third-order valence-electron chi connectivity index (χ3n) is 2.62. The molecule has 1 aromatic heterocycles. The number of pyridine rings is 1. The van der Waals surface area contributed by atoms with Crippen molar-refractivity contribution < 1.29 is 8.42 Å². The molecule has 0 aliphatic heterocycles. The molecule has 7 heteroatoms. The van der Waals surface area contributed by atoms with E-state index in [0.717, 1.165) is 5.03 Å². The third-order valence-corrected chi connectivity index (χ3v) is 5.77. The monoisotopic (exact) mass is 338 g/mol. The van der Waals surface area contributed by atoms with Gasteiger partial charge in [-0.05, 0) is 30.3 Å². The van der Waals surface area contributed by atoms with Crippen molar-refractivity contribution in [2.45, 2.75) is 9.92 Å². The fraction of sp³-hybridized carbons (Fsp3) is 0.143. The van der Waals surface area contributed by atoms with Crippen LogP contribution in [0, 0.1) is 11.3 Å². The predicted molar refractivity (Wildman–Crippen MR) is 83.2 cm³/mol. The molecule has 0 spiro atoms. The van der Waals surface area contributed by atoms with Gasteiger partial charge in [0.05, 0.1) is 32.3 Å². The van der Waals surface area contributed by atoms with Gasteiger partial charge in [0.25, 0.3) is 0 Å². The van der Waals surface area contributed by atoms with E-state index < -0.39 is 9.84 Å². The molecule has 0 fully saturated rings. The van der Waals surface area contributed by atoms with Crippen molar-refractivity contribution in [3.05, 3.63) is 53.2 Å². The summed E-state index contributed by atoms with van der Waals surface area (Å²) in [7, 11) is -3.40. The molecular formula is C14H11ClN2O2S2. The third kappa shape index (κ3) is 4.46. The Balaban J connectivity index is 2.01. The quantitative estimate of drug-likeness (QED) is 0.783. The Hall–Kier alpha value is -1.55. The standard InChI is InChI=1S/C14H11ClN2O2S2/c15-12-4-5-14(17-10-12)20-6-7-21(18,19)13-3-1-2-11(8-13)9-16/h1-5,8,10H,6-7H2. The van der Waals surface area contributed by atoms with Crippen LogP contribution in [0.25, 0.3) is 0 Å². The number of benzene rings is 1. The lowest BCUT2D eigenvalue weighted by Gasteiger charge is -2.04. The van der Waals surface area contributed by atoms with Crippen LogP contribution in [-0.2, 0) is 9.84 Å². The van der Waals surface area contributed by atoms with Crippen molar-refractivity contribution in [1.82, 2.24) is 4.98 Å². The fourth-order valence-electron chi connectivity index (χ4n) is 1.58. The molecule has 0 aliphatic rings. The molecule has 0 saturated heterocycles. The predicted octanol–water partition coefficient (Wildman–Crippen LogP) is 3.17. The second kappa shape index (κ2) is 6.94. The number of aromatic nitrogens is 1. The summed E-state index contributed by atoms with van der Waals surface area (Å²) in [5.41, 5.74) is 0.336. The zero-order valence-corrected chi connectivity index (χ0v) is 13.2. The molecule has 0 amide bonds. The maximum atomic E-state index is 12.2. The highest BCUT2D eigenvalue weighted by Crippen LogP contribution is 2.19. The number of hydrogen-bond acceptors (Lipinski definition) is 5. The van der Waals surface area contributed by atoms with Gasteiger partial charge in [-0.25, -0.2) is 13.4 Å². The van der Waals surface area contributed by atoms with Crippen molar-refractivity contribution in [1.29, 1.82) is 5.26 Å². The first-order chi connectivity index (χ1) is 10.0. The van der Waals surface area contributed by atoms with Crippen LogP contribution >= 0.6 is 23.4 Å². The van der Waals surface area contributed by atoms with Gasteiger partial charge >= 0.3 is 0 Å². The van der Waals surface area contributed by atoms with E-state index >= 15 is 0 Å². The normalized spacial score (nSPS) is 11.0. The molecule has 0 aliphatic carbocycles. The van der Waals surface area contributed by atoms with Gasteiger partial charge in [0.15, 0.2) is 9.84 Å². The number of nitriles is 1. The average molecular weight is 339 g/mol. The molecule has 0 saturated carbocycles. The summed E-state index contributed by atoms with van der Waals surface area (Å²) in [6.45, 7) is 0. The second-order valence-electron chi connectivity index (χ2n) is 4.12. The maximum absolute atomic E-state index is 12.2. The first kappa shape index (κ1) is 15.8. The zero-order valence-electron chi connectivity index (χ0n) is 10.9. The smallest absolute Gasteiger partial charge is 0.179 e. The van der Waals surface area contributed by atoms with E-state index in [1.54, 1.807) is 24.3 Å². The van der Waals surface area contributed by atoms with E-state index in [4.69, 9.17) is 16.9 Å². The molecule has 108 valence electrons. The molecule has 0 bridgehead atoms. The number of nitrogens with zero attached hydrogens (tertiary/aromatic N) is 2. The van der Waals surface area contributed by atoms with Gasteiger partial charge in [-0.1, -0.05) is 17.7 Å². The SMILES string of the molecule is N#Cc1cccc(S(=O)(=O)CCSc2ccc(Cl)cn2)c1. The lowest BCUT2D eigenvalue weighted by Crippen LogP contribution is -2.09. The van der Waals surface area contributed by atoms with Crippen molar-refractivity contribution in [2.24, 2.45) is 0 Å². The number of thioether (sulfide) groups is 1. The zero-order chi connectivity index (χ0) is 15.3. The Labute approximate surface area is 132 Å². The van der Waals surface area contributed by atoms with Gasteiger partial charge in [0, 0.05) is 11.9 Å². The number of sulfone groups is 1. The fourth-order valence-corrected chi connectivity index (χ4v) is 4.23. The topological polar surface area (TPSA) is 70.8 Å². The summed E-state index contributed by atoms with van der Waals surface area (Å²) in [4.78, 5) is 4.26. The summed E-state index contributed by atoms with van der Waals surface area (Å²) in [6, 6.07) is 11.4. The van der Waals surface area contributed by atoms with Gasteiger partial charge in [0.1, 0.15) is 0 Å². The molecule has 0 atom stereocenters. The minimum Gasteiger partial charge on any atom is -0.248 e. The van der Waals surface area contributed by atoms with Crippen LogP contribution in [0.1, 0.15) is 5.56 Å². The van der Waals surface area contributed by atoms with Gasteiger partial charge in [-0.3, -0.25) is 0 Å². The molecule has 21 heavy (non-hydrogen) atoms. The van der Waals surface area contributed by atoms with E-state index in [1.165, 1.54) is 30.1 Å². The van der Waals surface area contributed by atoms with Crippen LogP contribution in [0.4, 0.5) is 0 Å². The molecule has 0 unspecified atom stereocenters. The van der Waals surface area contributed by atoms with Gasteiger partial charge in [-0.2, -0.15) is 5.26 Å². The average Bonchev–Trinajstić information content (AvgIpc) is 2.49. The Kier molecular flexibility index (Phi) is 5.23. The molecule has 4 nitrogen and oxygen atoms in total. The molecule has 2 aromatic rings. The van der Waals surface area contributed by atoms with Gasteiger partial charge in [-0.15, -0.1) is 11.8 Å². The largest absolute Gasteiger partial charge is 0.248 e. The van der Waals surface area contributed by atoms with Crippen molar-refractivity contribution in [2.75, 3.05) is 11.5 Å². The highest BCUT2D eigenvalue weighted by molar-refractivity contribution is 8.00. The molecule has 2 rings (SSSR count). The highest BCUT2D eigenvalue weighted by Gasteiger charge is 2.15. The number of hydrogen-bond donors (Lipinski definition) is 0. The summed E-state index contributed by atoms with van der Waals surface area (Å²) < 4.78 is 24.4. The van der Waals surface area contributed by atoms with Crippen LogP contribution < -0.4 is 0 Å². The van der Waals surface area contributed by atoms with Gasteiger partial charge < -0.3 is 0 Å². The molecule has 0 radical (unpaired) electrons. The first-order valence-corrected chi connectivity index (χ1v) is 9.00. The second-order valence-corrected chi connectivity index (χ2v) is 7.78. The Morgan fingerprint density at radius 3 is 2.76 bits per heavy atom. The Bertz CT molecular complexity index is 768. The minimum atomic E-state index is -3.40. The first-order valence-electron chi connectivity index (χ1n) is 5.98. The van der Waals surface area contributed by atoms with E-state index in [2.05, 4.69) is 4.98 Å². The molecule has 1 heterocycles. The summed E-state index contributed by atoms with van der Waals surface area (Å²) >= 11 is 7.08. The maximum Gasteiger partial charge on any atom is 0.179 e. The van der Waals surface area contributed by atoms with Crippen LogP contribution in [-0.4, -0.2) is 24.9 Å². The van der Waals surface area contributed by atoms with Crippen LogP contribution in [0.3, 0.4) is 0 Å². The summed E-state index contributed by atoms with van der Waals surface area (Å²) in [5.74, 6) is 0.366. The molecule has 0 N–H and O–H groups in total. The van der Waals surface area contributed by atoms with Crippen molar-refractivity contribution in [3.63, 3.8) is 0 Å². The summed E-state index contributed by atoms with van der Waals surface area (Å²) in [5, 5.41) is 10.1.